The van der Waals surface area contributed by atoms with Crippen molar-refractivity contribution in [3.05, 3.63) is 0 Å². The Morgan fingerprint density at radius 1 is 1.25 bits per heavy atom. The number of piperazine rings is 1. The first-order chi connectivity index (χ1) is 9.17. The van der Waals surface area contributed by atoms with E-state index in [2.05, 4.69) is 5.32 Å². The van der Waals surface area contributed by atoms with Crippen molar-refractivity contribution >= 4 is 11.8 Å². The summed E-state index contributed by atoms with van der Waals surface area (Å²) in [4.78, 5) is 26.4. The third-order valence-corrected chi connectivity index (χ3v) is 3.95. The van der Waals surface area contributed by atoms with Gasteiger partial charge in [0.1, 0.15) is 11.6 Å². The second-order valence-corrected chi connectivity index (χ2v) is 6.41. The molecule has 0 aromatic heterocycles. The summed E-state index contributed by atoms with van der Waals surface area (Å²) in [6.45, 7) is 12.4. The molecule has 0 spiro atoms. The molecular formula is C15H28N2O3. The Bertz CT molecular complexity index is 370. The molecule has 1 aliphatic rings. The highest BCUT2D eigenvalue weighted by atomic mass is 16.5. The van der Waals surface area contributed by atoms with Gasteiger partial charge in [0.15, 0.2) is 0 Å². The summed E-state index contributed by atoms with van der Waals surface area (Å²) in [6.07, 6.45) is 1.22. The molecule has 20 heavy (non-hydrogen) atoms. The van der Waals surface area contributed by atoms with Gasteiger partial charge < -0.3 is 15.0 Å². The standard InChI is InChI=1S/C15H28N2O3/c1-7-15(8-2)13(19)17(11(3)12(18)16-15)9-10-20-14(4,5)6/h11H,7-10H2,1-6H3,(H,16,18). The SMILES string of the molecule is CCC1(CC)NC(=O)C(C)N(CCOC(C)(C)C)C1=O. The molecule has 0 bridgehead atoms. The summed E-state index contributed by atoms with van der Waals surface area (Å²) in [5.41, 5.74) is -0.984. The van der Waals surface area contributed by atoms with E-state index in [-0.39, 0.29) is 17.4 Å². The van der Waals surface area contributed by atoms with E-state index in [4.69, 9.17) is 4.74 Å². The summed E-state index contributed by atoms with van der Waals surface area (Å²) in [5, 5.41) is 2.89. The number of ether oxygens (including phenoxy) is 1. The third kappa shape index (κ3) is 3.51. The van der Waals surface area contributed by atoms with Gasteiger partial charge >= 0.3 is 0 Å². The van der Waals surface area contributed by atoms with Gasteiger partial charge in [0.05, 0.1) is 12.2 Å². The first-order valence-electron chi connectivity index (χ1n) is 7.44. The molecule has 1 fully saturated rings. The largest absolute Gasteiger partial charge is 0.374 e. The first-order valence-corrected chi connectivity index (χ1v) is 7.44. The van der Waals surface area contributed by atoms with Crippen LogP contribution in [0.1, 0.15) is 54.4 Å². The molecule has 0 aromatic rings. The summed E-state index contributed by atoms with van der Waals surface area (Å²) in [5.74, 6) is -0.0730. The lowest BCUT2D eigenvalue weighted by Crippen LogP contribution is -2.69. The Kier molecular flexibility index (Phi) is 5.19. The lowest BCUT2D eigenvalue weighted by atomic mass is 9.87. The second kappa shape index (κ2) is 6.12. The highest BCUT2D eigenvalue weighted by molar-refractivity contribution is 5.99. The van der Waals surface area contributed by atoms with Crippen LogP contribution in [0.3, 0.4) is 0 Å². The molecule has 1 unspecified atom stereocenters. The van der Waals surface area contributed by atoms with Crippen molar-refractivity contribution in [3.63, 3.8) is 0 Å². The van der Waals surface area contributed by atoms with E-state index in [0.29, 0.717) is 26.0 Å². The Hall–Kier alpha value is -1.10. The summed E-state index contributed by atoms with van der Waals surface area (Å²) < 4.78 is 5.67. The molecule has 0 aliphatic carbocycles. The number of nitrogens with zero attached hydrogens (tertiary/aromatic N) is 1. The number of hydrogen-bond donors (Lipinski definition) is 1. The molecular weight excluding hydrogens is 256 g/mol. The van der Waals surface area contributed by atoms with Crippen molar-refractivity contribution in [2.45, 2.75) is 71.6 Å². The Morgan fingerprint density at radius 2 is 1.80 bits per heavy atom. The zero-order valence-electron chi connectivity index (χ0n) is 13.6. The summed E-state index contributed by atoms with van der Waals surface area (Å²) in [6, 6.07) is -0.433. The van der Waals surface area contributed by atoms with Gasteiger partial charge in [-0.2, -0.15) is 0 Å². The van der Waals surface area contributed by atoms with E-state index in [0.717, 1.165) is 0 Å². The minimum Gasteiger partial charge on any atom is -0.374 e. The van der Waals surface area contributed by atoms with E-state index < -0.39 is 11.6 Å². The third-order valence-electron chi connectivity index (χ3n) is 3.95. The second-order valence-electron chi connectivity index (χ2n) is 6.41. The van der Waals surface area contributed by atoms with Crippen LogP contribution in [0, 0.1) is 0 Å². The lowest BCUT2D eigenvalue weighted by Gasteiger charge is -2.44. The predicted molar refractivity (Wildman–Crippen MR) is 78.3 cm³/mol. The summed E-state index contributed by atoms with van der Waals surface area (Å²) in [7, 11) is 0. The van der Waals surface area contributed by atoms with Crippen LogP contribution in [-0.2, 0) is 14.3 Å². The molecule has 1 saturated heterocycles. The zero-order chi connectivity index (χ0) is 15.6. The molecule has 0 saturated carbocycles. The average molecular weight is 284 g/mol. The molecule has 1 N–H and O–H groups in total. The highest BCUT2D eigenvalue weighted by Crippen LogP contribution is 2.24. The number of carbonyl (C=O) groups is 2. The summed E-state index contributed by atoms with van der Waals surface area (Å²) >= 11 is 0. The van der Waals surface area contributed by atoms with Crippen molar-refractivity contribution in [2.75, 3.05) is 13.2 Å². The van der Waals surface area contributed by atoms with Crippen LogP contribution in [-0.4, -0.2) is 47.0 Å². The topological polar surface area (TPSA) is 58.6 Å². The van der Waals surface area contributed by atoms with E-state index in [1.54, 1.807) is 11.8 Å². The minimum absolute atomic E-state index is 0.00658. The predicted octanol–water partition coefficient (Wildman–Crippen LogP) is 1.71. The normalized spacial score (nSPS) is 22.9. The maximum atomic E-state index is 12.7. The molecule has 116 valence electrons. The molecule has 1 atom stereocenters. The van der Waals surface area contributed by atoms with Crippen LogP contribution in [0.5, 0.6) is 0 Å². The van der Waals surface area contributed by atoms with Gasteiger partial charge in [-0.15, -0.1) is 0 Å². The van der Waals surface area contributed by atoms with Crippen LogP contribution >= 0.6 is 0 Å². The number of carbonyl (C=O) groups excluding carboxylic acids is 2. The molecule has 1 aliphatic heterocycles. The maximum Gasteiger partial charge on any atom is 0.249 e. The van der Waals surface area contributed by atoms with Crippen LogP contribution < -0.4 is 5.32 Å². The van der Waals surface area contributed by atoms with Crippen LogP contribution in [0.2, 0.25) is 0 Å². The van der Waals surface area contributed by atoms with E-state index in [1.807, 2.05) is 34.6 Å². The monoisotopic (exact) mass is 284 g/mol. The van der Waals surface area contributed by atoms with E-state index in [9.17, 15) is 9.59 Å². The zero-order valence-corrected chi connectivity index (χ0v) is 13.6. The number of rotatable bonds is 5. The van der Waals surface area contributed by atoms with Gasteiger partial charge in [-0.25, -0.2) is 0 Å². The van der Waals surface area contributed by atoms with Crippen LogP contribution in [0.4, 0.5) is 0 Å². The fourth-order valence-electron chi connectivity index (χ4n) is 2.46. The van der Waals surface area contributed by atoms with E-state index in [1.165, 1.54) is 0 Å². The first kappa shape index (κ1) is 17.0. The van der Waals surface area contributed by atoms with Crippen molar-refractivity contribution in [1.29, 1.82) is 0 Å². The molecule has 5 nitrogen and oxygen atoms in total. The van der Waals surface area contributed by atoms with E-state index >= 15 is 0 Å². The molecule has 0 radical (unpaired) electrons. The average Bonchev–Trinajstić information content (AvgIpc) is 2.37. The smallest absolute Gasteiger partial charge is 0.249 e. The molecule has 5 heteroatoms. The molecule has 2 amide bonds. The van der Waals surface area contributed by atoms with Crippen molar-refractivity contribution in [2.24, 2.45) is 0 Å². The van der Waals surface area contributed by atoms with Crippen molar-refractivity contribution in [3.8, 4) is 0 Å². The number of amides is 2. The van der Waals surface area contributed by atoms with Gasteiger partial charge in [0.25, 0.3) is 0 Å². The molecule has 0 aromatic carbocycles. The Labute approximate surface area is 122 Å². The Balaban J connectivity index is 2.81. The van der Waals surface area contributed by atoms with Gasteiger partial charge in [-0.05, 0) is 40.5 Å². The lowest BCUT2D eigenvalue weighted by molar-refractivity contribution is -0.156. The van der Waals surface area contributed by atoms with Crippen LogP contribution in [0.15, 0.2) is 0 Å². The highest BCUT2D eigenvalue weighted by Gasteiger charge is 2.47. The van der Waals surface area contributed by atoms with Gasteiger partial charge in [0.2, 0.25) is 11.8 Å². The van der Waals surface area contributed by atoms with Crippen molar-refractivity contribution < 1.29 is 14.3 Å². The number of hydrogen-bond acceptors (Lipinski definition) is 3. The Morgan fingerprint density at radius 3 is 2.25 bits per heavy atom. The van der Waals surface area contributed by atoms with Gasteiger partial charge in [-0.3, -0.25) is 9.59 Å². The van der Waals surface area contributed by atoms with Gasteiger partial charge in [-0.1, -0.05) is 13.8 Å². The molecule has 1 rings (SSSR count). The van der Waals surface area contributed by atoms with Gasteiger partial charge in [0, 0.05) is 6.54 Å². The quantitative estimate of drug-likeness (QED) is 0.836. The minimum atomic E-state index is -0.745. The number of nitrogens with one attached hydrogen (secondary N) is 1. The molecule has 1 heterocycles. The maximum absolute atomic E-state index is 12.7. The van der Waals surface area contributed by atoms with Crippen molar-refractivity contribution in [1.82, 2.24) is 10.2 Å². The van der Waals surface area contributed by atoms with Crippen LogP contribution in [0.25, 0.3) is 0 Å². The fraction of sp³-hybridized carbons (Fsp3) is 0.867. The fourth-order valence-corrected chi connectivity index (χ4v) is 2.46.